The fourth-order valence-electron chi connectivity index (χ4n) is 3.56. The molecule has 1 atom stereocenters. The molecule has 0 aromatic heterocycles. The minimum atomic E-state index is -0.118. The van der Waals surface area contributed by atoms with Gasteiger partial charge in [-0.05, 0) is 55.5 Å². The Bertz CT molecular complexity index is 806. The molecular weight excluding hydrogens is 348 g/mol. The van der Waals surface area contributed by atoms with Crippen molar-refractivity contribution < 1.29 is 9.53 Å². The average molecular weight is 379 g/mol. The molecule has 0 spiro atoms. The molecule has 4 nitrogen and oxygen atoms in total. The minimum absolute atomic E-state index is 0.0507. The highest BCUT2D eigenvalue weighted by Crippen LogP contribution is 2.24. The first-order valence-corrected chi connectivity index (χ1v) is 10.0. The quantitative estimate of drug-likeness (QED) is 0.733. The summed E-state index contributed by atoms with van der Waals surface area (Å²) in [6.45, 7) is 6.58. The van der Waals surface area contributed by atoms with Gasteiger partial charge in [-0.25, -0.2) is 0 Å². The predicted molar refractivity (Wildman–Crippen MR) is 116 cm³/mol. The predicted octanol–water partition coefficient (Wildman–Crippen LogP) is 4.82. The Balaban J connectivity index is 1.57. The summed E-state index contributed by atoms with van der Waals surface area (Å²) in [5.74, 6) is 1.46. The minimum Gasteiger partial charge on any atom is -0.496 e. The zero-order valence-electron chi connectivity index (χ0n) is 17.0. The van der Waals surface area contributed by atoms with E-state index >= 15 is 0 Å². The van der Waals surface area contributed by atoms with Crippen molar-refractivity contribution in [1.82, 2.24) is 5.32 Å². The summed E-state index contributed by atoms with van der Waals surface area (Å²) >= 11 is 0. The molecule has 2 aromatic rings. The van der Waals surface area contributed by atoms with E-state index in [-0.39, 0.29) is 11.9 Å². The van der Waals surface area contributed by atoms with E-state index in [0.717, 1.165) is 35.9 Å². The van der Waals surface area contributed by atoms with Gasteiger partial charge in [0.1, 0.15) is 5.75 Å². The van der Waals surface area contributed by atoms with Gasteiger partial charge in [-0.2, -0.15) is 0 Å². The molecule has 1 amide bonds. The first kappa shape index (κ1) is 20.0. The van der Waals surface area contributed by atoms with Gasteiger partial charge < -0.3 is 15.0 Å². The second-order valence-electron chi connectivity index (χ2n) is 7.57. The van der Waals surface area contributed by atoms with Gasteiger partial charge in [0.05, 0.1) is 13.2 Å². The van der Waals surface area contributed by atoms with Crippen LogP contribution < -0.4 is 15.0 Å². The van der Waals surface area contributed by atoms with Crippen LogP contribution in [0.5, 0.6) is 5.75 Å². The van der Waals surface area contributed by atoms with E-state index in [1.165, 1.54) is 18.5 Å². The maximum atomic E-state index is 12.3. The van der Waals surface area contributed by atoms with E-state index in [2.05, 4.69) is 41.4 Å². The third-order valence-corrected chi connectivity index (χ3v) is 5.45. The van der Waals surface area contributed by atoms with Crippen LogP contribution in [0, 0.1) is 5.92 Å². The summed E-state index contributed by atoms with van der Waals surface area (Å²) in [4.78, 5) is 14.7. The van der Waals surface area contributed by atoms with Crippen molar-refractivity contribution in [3.63, 3.8) is 0 Å². The molecule has 0 aliphatic carbocycles. The van der Waals surface area contributed by atoms with E-state index < -0.39 is 0 Å². The van der Waals surface area contributed by atoms with Gasteiger partial charge in [-0.1, -0.05) is 37.3 Å². The number of hydrogen-bond acceptors (Lipinski definition) is 3. The Kier molecular flexibility index (Phi) is 6.75. The molecule has 3 rings (SSSR count). The fourth-order valence-corrected chi connectivity index (χ4v) is 3.56. The van der Waals surface area contributed by atoms with Crippen molar-refractivity contribution >= 4 is 17.7 Å². The lowest BCUT2D eigenvalue weighted by Gasteiger charge is -2.32. The van der Waals surface area contributed by atoms with Crippen molar-refractivity contribution in [3.05, 3.63) is 65.7 Å². The number of nitrogens with zero attached hydrogens (tertiary/aromatic N) is 1. The average Bonchev–Trinajstić information content (AvgIpc) is 2.73. The lowest BCUT2D eigenvalue weighted by molar-refractivity contribution is -0.117. The number of nitrogens with one attached hydrogen (secondary N) is 1. The number of para-hydroxylation sites is 1. The van der Waals surface area contributed by atoms with Crippen LogP contribution in [-0.4, -0.2) is 26.1 Å². The van der Waals surface area contributed by atoms with Gasteiger partial charge in [-0.3, -0.25) is 4.79 Å². The van der Waals surface area contributed by atoms with Crippen LogP contribution in [0.15, 0.2) is 54.6 Å². The zero-order chi connectivity index (χ0) is 19.9. The molecule has 1 aliphatic rings. The number of ether oxygens (including phenoxy) is 1. The van der Waals surface area contributed by atoms with Crippen LogP contribution in [0.3, 0.4) is 0 Å². The number of carbonyl (C=O) groups excluding carboxylic acids is 1. The van der Waals surface area contributed by atoms with E-state index in [1.54, 1.807) is 19.3 Å². The van der Waals surface area contributed by atoms with Gasteiger partial charge in [-0.15, -0.1) is 0 Å². The molecule has 148 valence electrons. The van der Waals surface area contributed by atoms with Gasteiger partial charge in [0.25, 0.3) is 0 Å². The number of amides is 1. The molecular formula is C24H30N2O2. The first-order valence-electron chi connectivity index (χ1n) is 10.0. The Morgan fingerprint density at radius 3 is 2.50 bits per heavy atom. The Labute approximate surface area is 168 Å². The number of benzene rings is 2. The van der Waals surface area contributed by atoms with Crippen molar-refractivity contribution in [3.8, 4) is 5.75 Å². The highest BCUT2D eigenvalue weighted by molar-refractivity contribution is 5.92. The van der Waals surface area contributed by atoms with Crippen LogP contribution in [0.2, 0.25) is 0 Å². The lowest BCUT2D eigenvalue weighted by atomic mass is 9.98. The molecule has 1 saturated heterocycles. The number of anilines is 1. The van der Waals surface area contributed by atoms with E-state index in [9.17, 15) is 4.79 Å². The summed E-state index contributed by atoms with van der Waals surface area (Å²) < 4.78 is 5.31. The molecule has 28 heavy (non-hydrogen) atoms. The second-order valence-corrected chi connectivity index (χ2v) is 7.57. The van der Waals surface area contributed by atoms with Crippen molar-refractivity contribution in [2.24, 2.45) is 5.92 Å². The third kappa shape index (κ3) is 5.16. The SMILES string of the molecule is COc1ccccc1/C=C/C(=O)N[C@H](C)c1ccc(N2CCC(C)CC2)cc1. The molecule has 1 N–H and O–H groups in total. The highest BCUT2D eigenvalue weighted by Gasteiger charge is 2.16. The van der Waals surface area contributed by atoms with Gasteiger partial charge in [0.15, 0.2) is 0 Å². The molecule has 4 heteroatoms. The number of rotatable bonds is 6. The second kappa shape index (κ2) is 9.45. The van der Waals surface area contributed by atoms with Gasteiger partial charge in [0.2, 0.25) is 5.91 Å². The van der Waals surface area contributed by atoms with Crippen LogP contribution in [-0.2, 0) is 4.79 Å². The summed E-state index contributed by atoms with van der Waals surface area (Å²) in [6, 6.07) is 16.1. The molecule has 0 saturated carbocycles. The Morgan fingerprint density at radius 1 is 1.14 bits per heavy atom. The molecule has 0 radical (unpaired) electrons. The van der Waals surface area contributed by atoms with Crippen LogP contribution in [0.4, 0.5) is 5.69 Å². The lowest BCUT2D eigenvalue weighted by Crippen LogP contribution is -2.32. The molecule has 2 aromatic carbocycles. The maximum Gasteiger partial charge on any atom is 0.244 e. The topological polar surface area (TPSA) is 41.6 Å². The summed E-state index contributed by atoms with van der Waals surface area (Å²) in [7, 11) is 1.63. The normalized spacial score (nSPS) is 16.2. The summed E-state index contributed by atoms with van der Waals surface area (Å²) in [6.07, 6.45) is 5.85. The summed E-state index contributed by atoms with van der Waals surface area (Å²) in [5.41, 5.74) is 3.26. The maximum absolute atomic E-state index is 12.3. The molecule has 1 heterocycles. The van der Waals surface area contributed by atoms with Crippen molar-refractivity contribution in [1.29, 1.82) is 0 Å². The zero-order valence-corrected chi connectivity index (χ0v) is 17.0. The first-order chi connectivity index (χ1) is 13.6. The Morgan fingerprint density at radius 2 is 1.82 bits per heavy atom. The molecule has 1 aliphatic heterocycles. The smallest absolute Gasteiger partial charge is 0.244 e. The van der Waals surface area contributed by atoms with E-state index in [4.69, 9.17) is 4.74 Å². The highest BCUT2D eigenvalue weighted by atomic mass is 16.5. The monoisotopic (exact) mass is 378 g/mol. The number of hydrogen-bond donors (Lipinski definition) is 1. The van der Waals surface area contributed by atoms with Gasteiger partial charge >= 0.3 is 0 Å². The van der Waals surface area contributed by atoms with E-state index in [1.807, 2.05) is 31.2 Å². The van der Waals surface area contributed by atoms with Crippen molar-refractivity contribution in [2.45, 2.75) is 32.7 Å². The standard InChI is InChI=1S/C24H30N2O2/c1-18-14-16-26(17-15-18)22-11-8-20(9-12-22)19(2)25-24(27)13-10-21-6-4-5-7-23(21)28-3/h4-13,18-19H,14-17H2,1-3H3,(H,25,27)/b13-10+/t19-/m1/s1. The fraction of sp³-hybridized carbons (Fsp3) is 0.375. The third-order valence-electron chi connectivity index (χ3n) is 5.45. The molecule has 0 bridgehead atoms. The Hall–Kier alpha value is -2.75. The number of piperidine rings is 1. The number of carbonyl (C=O) groups is 1. The van der Waals surface area contributed by atoms with E-state index in [0.29, 0.717) is 0 Å². The van der Waals surface area contributed by atoms with Gasteiger partial charge in [0, 0.05) is 30.4 Å². The largest absolute Gasteiger partial charge is 0.496 e. The molecule has 0 unspecified atom stereocenters. The van der Waals surface area contributed by atoms with Crippen molar-refractivity contribution in [2.75, 3.05) is 25.1 Å². The summed E-state index contributed by atoms with van der Waals surface area (Å²) in [5, 5.41) is 3.03. The number of methoxy groups -OCH3 is 1. The van der Waals surface area contributed by atoms with Crippen LogP contribution in [0.25, 0.3) is 6.08 Å². The molecule has 1 fully saturated rings. The van der Waals surface area contributed by atoms with Crippen LogP contribution in [0.1, 0.15) is 43.9 Å². The van der Waals surface area contributed by atoms with Crippen LogP contribution >= 0.6 is 0 Å².